The molecule has 0 saturated carbocycles. The quantitative estimate of drug-likeness (QED) is 0.675. The molecule has 1 aliphatic rings. The van der Waals surface area contributed by atoms with Crippen molar-refractivity contribution in [3.05, 3.63) is 51.9 Å². The zero-order valence-corrected chi connectivity index (χ0v) is 11.1. The average molecular weight is 284 g/mol. The standard InChI is InChI=1S/C15H12N2O4/c18-13-2-1-3-14(19)15(13)12-6-4-9-8-10(17(20)21)5-7-11(9)16-12/h4-8,18H,1-3H2. The van der Waals surface area contributed by atoms with E-state index in [0.717, 1.165) is 0 Å². The Kier molecular flexibility index (Phi) is 3.13. The molecule has 106 valence electrons. The molecular formula is C15H12N2O4. The van der Waals surface area contributed by atoms with E-state index in [4.69, 9.17) is 0 Å². The second-order valence-electron chi connectivity index (χ2n) is 4.93. The smallest absolute Gasteiger partial charge is 0.270 e. The Morgan fingerprint density at radius 1 is 1.19 bits per heavy atom. The van der Waals surface area contributed by atoms with Crippen LogP contribution in [0, 0.1) is 10.1 Å². The van der Waals surface area contributed by atoms with Crippen molar-refractivity contribution in [2.24, 2.45) is 0 Å². The van der Waals surface area contributed by atoms with Gasteiger partial charge in [0.15, 0.2) is 5.78 Å². The van der Waals surface area contributed by atoms with E-state index in [2.05, 4.69) is 4.98 Å². The number of non-ortho nitro benzene ring substituents is 1. The number of Topliss-reactive ketones (excluding diaryl/α,β-unsaturated/α-hetero) is 1. The van der Waals surface area contributed by atoms with E-state index in [0.29, 0.717) is 35.9 Å². The summed E-state index contributed by atoms with van der Waals surface area (Å²) in [6.45, 7) is 0. The molecule has 2 aromatic rings. The molecule has 0 fully saturated rings. The van der Waals surface area contributed by atoms with E-state index in [1.54, 1.807) is 18.2 Å². The van der Waals surface area contributed by atoms with Crippen LogP contribution in [0.25, 0.3) is 16.5 Å². The highest BCUT2D eigenvalue weighted by Gasteiger charge is 2.23. The van der Waals surface area contributed by atoms with Crippen molar-refractivity contribution in [1.82, 2.24) is 4.98 Å². The minimum absolute atomic E-state index is 0.00662. The Labute approximate surface area is 119 Å². The molecular weight excluding hydrogens is 272 g/mol. The Hall–Kier alpha value is -2.76. The van der Waals surface area contributed by atoms with Crippen LogP contribution in [0.2, 0.25) is 0 Å². The van der Waals surface area contributed by atoms with Gasteiger partial charge in [-0.15, -0.1) is 0 Å². The molecule has 1 aliphatic carbocycles. The molecule has 6 heteroatoms. The van der Waals surface area contributed by atoms with Crippen LogP contribution in [0.1, 0.15) is 25.0 Å². The van der Waals surface area contributed by atoms with Crippen molar-refractivity contribution in [2.45, 2.75) is 19.3 Å². The molecule has 0 bridgehead atoms. The van der Waals surface area contributed by atoms with Crippen LogP contribution in [-0.2, 0) is 4.79 Å². The number of ketones is 1. The summed E-state index contributed by atoms with van der Waals surface area (Å²) >= 11 is 0. The summed E-state index contributed by atoms with van der Waals surface area (Å²) in [5.74, 6) is -0.0486. The number of carbonyl (C=O) groups excluding carboxylic acids is 1. The predicted octanol–water partition coefficient (Wildman–Crippen LogP) is 3.17. The number of nitro benzene ring substituents is 1. The van der Waals surface area contributed by atoms with Gasteiger partial charge in [-0.25, -0.2) is 4.98 Å². The number of allylic oxidation sites excluding steroid dienone is 2. The lowest BCUT2D eigenvalue weighted by molar-refractivity contribution is -0.384. The van der Waals surface area contributed by atoms with Gasteiger partial charge in [0.25, 0.3) is 5.69 Å². The number of rotatable bonds is 2. The lowest BCUT2D eigenvalue weighted by Crippen LogP contribution is -2.11. The second-order valence-corrected chi connectivity index (χ2v) is 4.93. The van der Waals surface area contributed by atoms with Crippen molar-refractivity contribution in [1.29, 1.82) is 0 Å². The zero-order chi connectivity index (χ0) is 15.0. The highest BCUT2D eigenvalue weighted by Crippen LogP contribution is 2.29. The van der Waals surface area contributed by atoms with Crippen molar-refractivity contribution < 1.29 is 14.8 Å². The third kappa shape index (κ3) is 2.35. The average Bonchev–Trinajstić information content (AvgIpc) is 2.46. The highest BCUT2D eigenvalue weighted by atomic mass is 16.6. The summed E-state index contributed by atoms with van der Waals surface area (Å²) in [6.07, 6.45) is 1.52. The van der Waals surface area contributed by atoms with E-state index < -0.39 is 4.92 Å². The number of nitro groups is 1. The van der Waals surface area contributed by atoms with Crippen molar-refractivity contribution in [3.8, 4) is 0 Å². The van der Waals surface area contributed by atoms with Gasteiger partial charge in [-0.3, -0.25) is 14.9 Å². The van der Waals surface area contributed by atoms with Crippen LogP contribution >= 0.6 is 0 Å². The highest BCUT2D eigenvalue weighted by molar-refractivity contribution is 6.21. The molecule has 1 aromatic carbocycles. The van der Waals surface area contributed by atoms with Crippen molar-refractivity contribution >= 4 is 27.9 Å². The SMILES string of the molecule is O=C1CCCC(O)=C1c1ccc2cc([N+](=O)[O-])ccc2n1. The van der Waals surface area contributed by atoms with Crippen LogP contribution in [0.4, 0.5) is 5.69 Å². The number of fused-ring (bicyclic) bond motifs is 1. The largest absolute Gasteiger partial charge is 0.511 e. The van der Waals surface area contributed by atoms with Crippen LogP contribution in [0.15, 0.2) is 36.1 Å². The summed E-state index contributed by atoms with van der Waals surface area (Å²) in [5.41, 5.74) is 1.23. The van der Waals surface area contributed by atoms with E-state index in [1.807, 2.05) is 0 Å². The topological polar surface area (TPSA) is 93.3 Å². The molecule has 0 saturated heterocycles. The Morgan fingerprint density at radius 3 is 2.71 bits per heavy atom. The first-order chi connectivity index (χ1) is 10.1. The maximum Gasteiger partial charge on any atom is 0.270 e. The van der Waals surface area contributed by atoms with Gasteiger partial charge in [0.05, 0.1) is 21.7 Å². The number of aliphatic hydroxyl groups is 1. The minimum Gasteiger partial charge on any atom is -0.511 e. The maximum atomic E-state index is 11.9. The predicted molar refractivity (Wildman–Crippen MR) is 76.8 cm³/mol. The molecule has 1 N–H and O–H groups in total. The summed E-state index contributed by atoms with van der Waals surface area (Å²) in [5, 5.41) is 21.3. The normalized spacial score (nSPS) is 15.5. The molecule has 0 atom stereocenters. The Morgan fingerprint density at radius 2 is 2.00 bits per heavy atom. The molecule has 1 aromatic heterocycles. The Balaban J connectivity index is 2.12. The van der Waals surface area contributed by atoms with E-state index >= 15 is 0 Å². The van der Waals surface area contributed by atoms with E-state index in [1.165, 1.54) is 12.1 Å². The summed E-state index contributed by atoms with van der Waals surface area (Å²) in [6, 6.07) is 7.63. The summed E-state index contributed by atoms with van der Waals surface area (Å²) < 4.78 is 0. The van der Waals surface area contributed by atoms with Gasteiger partial charge in [-0.1, -0.05) is 6.07 Å². The molecule has 0 radical (unpaired) electrons. The molecule has 0 spiro atoms. The van der Waals surface area contributed by atoms with Gasteiger partial charge in [-0.2, -0.15) is 0 Å². The fraction of sp³-hybridized carbons (Fsp3) is 0.200. The van der Waals surface area contributed by atoms with Gasteiger partial charge in [-0.05, 0) is 18.6 Å². The van der Waals surface area contributed by atoms with Gasteiger partial charge < -0.3 is 5.11 Å². The lowest BCUT2D eigenvalue weighted by Gasteiger charge is -2.14. The van der Waals surface area contributed by atoms with Crippen LogP contribution in [0.5, 0.6) is 0 Å². The zero-order valence-electron chi connectivity index (χ0n) is 11.1. The van der Waals surface area contributed by atoms with Gasteiger partial charge in [0, 0.05) is 30.4 Å². The minimum atomic E-state index is -0.466. The maximum absolute atomic E-state index is 11.9. The first-order valence-corrected chi connectivity index (χ1v) is 6.57. The van der Waals surface area contributed by atoms with E-state index in [9.17, 15) is 20.0 Å². The number of nitrogens with zero attached hydrogens (tertiary/aromatic N) is 2. The molecule has 21 heavy (non-hydrogen) atoms. The first kappa shape index (κ1) is 13.2. The second kappa shape index (κ2) is 4.97. The lowest BCUT2D eigenvalue weighted by atomic mass is 9.93. The number of carbonyl (C=O) groups is 1. The number of aromatic nitrogens is 1. The number of aliphatic hydroxyl groups excluding tert-OH is 1. The number of pyridine rings is 1. The summed E-state index contributed by atoms with van der Waals surface area (Å²) in [4.78, 5) is 26.6. The fourth-order valence-corrected chi connectivity index (χ4v) is 2.48. The van der Waals surface area contributed by atoms with Crippen LogP contribution in [-0.4, -0.2) is 20.8 Å². The molecule has 1 heterocycles. The van der Waals surface area contributed by atoms with Crippen LogP contribution < -0.4 is 0 Å². The van der Waals surface area contributed by atoms with Gasteiger partial charge in [0.1, 0.15) is 5.76 Å². The third-order valence-corrected chi connectivity index (χ3v) is 3.52. The summed E-state index contributed by atoms with van der Waals surface area (Å²) in [7, 11) is 0. The monoisotopic (exact) mass is 284 g/mol. The third-order valence-electron chi connectivity index (χ3n) is 3.52. The molecule has 6 nitrogen and oxygen atoms in total. The van der Waals surface area contributed by atoms with Gasteiger partial charge in [0.2, 0.25) is 0 Å². The van der Waals surface area contributed by atoms with E-state index in [-0.39, 0.29) is 22.8 Å². The molecule has 0 amide bonds. The number of benzene rings is 1. The molecule has 0 unspecified atom stereocenters. The number of hydrogen-bond acceptors (Lipinski definition) is 5. The van der Waals surface area contributed by atoms with Crippen LogP contribution in [0.3, 0.4) is 0 Å². The van der Waals surface area contributed by atoms with Gasteiger partial charge >= 0.3 is 0 Å². The molecule has 0 aliphatic heterocycles. The Bertz CT molecular complexity index is 795. The molecule has 3 rings (SSSR count). The first-order valence-electron chi connectivity index (χ1n) is 6.57. The van der Waals surface area contributed by atoms with Crippen molar-refractivity contribution in [2.75, 3.05) is 0 Å². The fourth-order valence-electron chi connectivity index (χ4n) is 2.48. The number of hydrogen-bond donors (Lipinski definition) is 1. The van der Waals surface area contributed by atoms with Crippen molar-refractivity contribution in [3.63, 3.8) is 0 Å².